The number of carbonyl (C=O) groups excluding carboxylic acids is 2. The molecule has 1 aromatic carbocycles. The molecule has 2 unspecified atom stereocenters. The number of hydrogen-bond acceptors (Lipinski definition) is 4. The number of aryl methyl sites for hydroxylation is 2. The van der Waals surface area contributed by atoms with Gasteiger partial charge in [0.25, 0.3) is 0 Å². The minimum Gasteiger partial charge on any atom is -0.444 e. The van der Waals surface area contributed by atoms with Crippen LogP contribution >= 0.6 is 0 Å². The minimum absolute atomic E-state index is 0.0137. The van der Waals surface area contributed by atoms with Gasteiger partial charge in [0.1, 0.15) is 5.60 Å². The number of piperidine rings is 1. The Morgan fingerprint density at radius 3 is 2.66 bits per heavy atom. The van der Waals surface area contributed by atoms with E-state index < -0.39 is 5.60 Å². The predicted octanol–water partition coefficient (Wildman–Crippen LogP) is 4.21. The Kier molecular flexibility index (Phi) is 7.69. The Morgan fingerprint density at radius 1 is 1.31 bits per heavy atom. The highest BCUT2D eigenvalue weighted by molar-refractivity contribution is 5.95. The Labute approximate surface area is 175 Å². The standard InChI is InChI=1S/C23H37N3O3/c1-16-10-11-17(2)20(13-16)24-21(27)18(3)26-12-8-9-19(15-26)14-25(7)22(28)29-23(4,5)6/h10-11,13,18-19H,8-9,12,14-15H2,1-7H3,(H,24,27). The van der Waals surface area contributed by atoms with E-state index in [1.165, 1.54) is 0 Å². The molecule has 0 spiro atoms. The molecule has 2 atom stereocenters. The lowest BCUT2D eigenvalue weighted by Gasteiger charge is -2.37. The fourth-order valence-electron chi connectivity index (χ4n) is 3.67. The van der Waals surface area contributed by atoms with Gasteiger partial charge in [-0.2, -0.15) is 0 Å². The molecule has 0 radical (unpaired) electrons. The number of anilines is 1. The van der Waals surface area contributed by atoms with Crippen molar-refractivity contribution in [1.29, 1.82) is 0 Å². The fourth-order valence-corrected chi connectivity index (χ4v) is 3.67. The Hall–Kier alpha value is -2.08. The molecule has 162 valence electrons. The monoisotopic (exact) mass is 403 g/mol. The summed E-state index contributed by atoms with van der Waals surface area (Å²) in [7, 11) is 1.78. The minimum atomic E-state index is -0.496. The van der Waals surface area contributed by atoms with Gasteiger partial charge in [-0.15, -0.1) is 0 Å². The molecule has 1 saturated heterocycles. The Balaban J connectivity index is 1.92. The van der Waals surface area contributed by atoms with Gasteiger partial charge in [0.15, 0.2) is 0 Å². The van der Waals surface area contributed by atoms with Crippen LogP contribution in [0.4, 0.5) is 10.5 Å². The summed E-state index contributed by atoms with van der Waals surface area (Å²) in [5.74, 6) is 0.345. The molecule has 1 fully saturated rings. The van der Waals surface area contributed by atoms with Crippen molar-refractivity contribution in [3.63, 3.8) is 0 Å². The van der Waals surface area contributed by atoms with Crippen LogP contribution in [0.25, 0.3) is 0 Å². The zero-order valence-electron chi connectivity index (χ0n) is 19.0. The van der Waals surface area contributed by atoms with Crippen LogP contribution < -0.4 is 5.32 Å². The number of amides is 2. The lowest BCUT2D eigenvalue weighted by molar-refractivity contribution is -0.121. The molecule has 0 bridgehead atoms. The number of benzene rings is 1. The average Bonchev–Trinajstić information content (AvgIpc) is 2.62. The van der Waals surface area contributed by atoms with Crippen molar-refractivity contribution in [2.24, 2.45) is 5.92 Å². The van der Waals surface area contributed by atoms with Crippen LogP contribution in [-0.4, -0.2) is 60.1 Å². The summed E-state index contributed by atoms with van der Waals surface area (Å²) in [6.45, 7) is 13.9. The molecule has 6 heteroatoms. The van der Waals surface area contributed by atoms with Gasteiger partial charge in [0, 0.05) is 25.8 Å². The molecule has 1 aromatic rings. The molecule has 1 aliphatic rings. The van der Waals surface area contributed by atoms with E-state index >= 15 is 0 Å². The SMILES string of the molecule is Cc1ccc(C)c(NC(=O)C(C)N2CCCC(CN(C)C(=O)OC(C)(C)C)C2)c1. The summed E-state index contributed by atoms with van der Waals surface area (Å²) in [6.07, 6.45) is 1.78. The molecule has 0 aliphatic carbocycles. The van der Waals surface area contributed by atoms with E-state index in [1.54, 1.807) is 11.9 Å². The highest BCUT2D eigenvalue weighted by atomic mass is 16.6. The second-order valence-electron chi connectivity index (χ2n) is 9.35. The van der Waals surface area contributed by atoms with Gasteiger partial charge in [0.05, 0.1) is 6.04 Å². The quantitative estimate of drug-likeness (QED) is 0.800. The third-order valence-corrected chi connectivity index (χ3v) is 5.37. The van der Waals surface area contributed by atoms with Gasteiger partial charge in [0.2, 0.25) is 5.91 Å². The van der Waals surface area contributed by atoms with E-state index in [0.717, 1.165) is 42.7 Å². The first kappa shape index (κ1) is 23.2. The molecule has 0 saturated carbocycles. The molecule has 0 aromatic heterocycles. The van der Waals surface area contributed by atoms with Gasteiger partial charge < -0.3 is 15.0 Å². The molecular weight excluding hydrogens is 366 g/mol. The average molecular weight is 404 g/mol. The Bertz CT molecular complexity index is 727. The van der Waals surface area contributed by atoms with Gasteiger partial charge in [-0.1, -0.05) is 12.1 Å². The van der Waals surface area contributed by atoms with Crippen LogP contribution in [0.2, 0.25) is 0 Å². The molecule has 1 N–H and O–H groups in total. The number of likely N-dealkylation sites (tertiary alicyclic amines) is 1. The largest absolute Gasteiger partial charge is 0.444 e. The zero-order chi connectivity index (χ0) is 21.8. The fraction of sp³-hybridized carbons (Fsp3) is 0.652. The van der Waals surface area contributed by atoms with Crippen molar-refractivity contribution >= 4 is 17.7 Å². The van der Waals surface area contributed by atoms with Crippen LogP contribution in [0.1, 0.15) is 51.7 Å². The normalized spacial score (nSPS) is 18.8. The van der Waals surface area contributed by atoms with E-state index in [4.69, 9.17) is 4.74 Å². The molecule has 1 aliphatic heterocycles. The van der Waals surface area contributed by atoms with Gasteiger partial charge in [-0.05, 0) is 84.0 Å². The summed E-state index contributed by atoms with van der Waals surface area (Å²) in [5, 5.41) is 3.08. The van der Waals surface area contributed by atoms with Gasteiger partial charge in [-0.3, -0.25) is 9.69 Å². The third-order valence-electron chi connectivity index (χ3n) is 5.37. The van der Waals surface area contributed by atoms with Crippen molar-refractivity contribution in [1.82, 2.24) is 9.80 Å². The second kappa shape index (κ2) is 9.61. The first-order chi connectivity index (χ1) is 13.5. The topological polar surface area (TPSA) is 61.9 Å². The number of rotatable bonds is 5. The summed E-state index contributed by atoms with van der Waals surface area (Å²) in [6, 6.07) is 5.86. The number of carbonyl (C=O) groups is 2. The number of ether oxygens (including phenoxy) is 1. The van der Waals surface area contributed by atoms with Crippen LogP contribution in [-0.2, 0) is 9.53 Å². The van der Waals surface area contributed by atoms with E-state index in [9.17, 15) is 9.59 Å². The van der Waals surface area contributed by atoms with Crippen molar-refractivity contribution in [2.75, 3.05) is 32.0 Å². The number of nitrogens with zero attached hydrogens (tertiary/aromatic N) is 2. The molecule has 2 amide bonds. The molecule has 1 heterocycles. The maximum absolute atomic E-state index is 12.8. The van der Waals surface area contributed by atoms with Crippen LogP contribution in [0.15, 0.2) is 18.2 Å². The molecule has 29 heavy (non-hydrogen) atoms. The van der Waals surface area contributed by atoms with Crippen molar-refractivity contribution in [3.8, 4) is 0 Å². The summed E-state index contributed by atoms with van der Waals surface area (Å²) in [4.78, 5) is 28.9. The lowest BCUT2D eigenvalue weighted by atomic mass is 9.96. The van der Waals surface area contributed by atoms with Crippen LogP contribution in [0.3, 0.4) is 0 Å². The summed E-state index contributed by atoms with van der Waals surface area (Å²) >= 11 is 0. The first-order valence-corrected chi connectivity index (χ1v) is 10.5. The van der Waals surface area contributed by atoms with Gasteiger partial charge in [-0.25, -0.2) is 4.79 Å². The van der Waals surface area contributed by atoms with Crippen molar-refractivity contribution in [2.45, 2.75) is 66.0 Å². The third kappa shape index (κ3) is 7.03. The van der Waals surface area contributed by atoms with Crippen molar-refractivity contribution in [3.05, 3.63) is 29.3 Å². The van der Waals surface area contributed by atoms with Crippen LogP contribution in [0, 0.1) is 19.8 Å². The second-order valence-corrected chi connectivity index (χ2v) is 9.35. The molecule has 2 rings (SSSR count). The summed E-state index contributed by atoms with van der Waals surface area (Å²) < 4.78 is 5.45. The predicted molar refractivity (Wildman–Crippen MR) is 117 cm³/mol. The first-order valence-electron chi connectivity index (χ1n) is 10.5. The lowest BCUT2D eigenvalue weighted by Crippen LogP contribution is -2.49. The van der Waals surface area contributed by atoms with E-state index in [0.29, 0.717) is 12.5 Å². The molecule has 6 nitrogen and oxygen atoms in total. The van der Waals surface area contributed by atoms with E-state index in [1.807, 2.05) is 59.7 Å². The zero-order valence-corrected chi connectivity index (χ0v) is 19.0. The number of nitrogens with one attached hydrogen (secondary N) is 1. The number of hydrogen-bond donors (Lipinski definition) is 1. The van der Waals surface area contributed by atoms with E-state index in [2.05, 4.69) is 10.2 Å². The highest BCUT2D eigenvalue weighted by Crippen LogP contribution is 2.22. The van der Waals surface area contributed by atoms with Gasteiger partial charge >= 0.3 is 6.09 Å². The maximum Gasteiger partial charge on any atom is 0.410 e. The molecular formula is C23H37N3O3. The summed E-state index contributed by atoms with van der Waals surface area (Å²) in [5.41, 5.74) is 2.57. The Morgan fingerprint density at radius 2 is 2.00 bits per heavy atom. The van der Waals surface area contributed by atoms with E-state index in [-0.39, 0.29) is 18.0 Å². The van der Waals surface area contributed by atoms with Crippen molar-refractivity contribution < 1.29 is 14.3 Å². The van der Waals surface area contributed by atoms with Crippen LogP contribution in [0.5, 0.6) is 0 Å². The highest BCUT2D eigenvalue weighted by Gasteiger charge is 2.29. The smallest absolute Gasteiger partial charge is 0.410 e. The maximum atomic E-state index is 12.8.